The van der Waals surface area contributed by atoms with Crippen LogP contribution in [-0.2, 0) is 29.2 Å². The lowest BCUT2D eigenvalue weighted by Crippen LogP contribution is -2.34. The van der Waals surface area contributed by atoms with Gasteiger partial charge < -0.3 is 35.8 Å². The number of ether oxygens (including phenoxy) is 2. The number of carbonyl (C=O) groups is 1. The molecule has 0 bridgehead atoms. The highest BCUT2D eigenvalue weighted by atomic mass is 32.2. The highest BCUT2D eigenvalue weighted by molar-refractivity contribution is 7.98. The number of carbonyl (C=O) groups excluding carboxylic acids is 1. The Labute approximate surface area is 272 Å². The first-order valence-corrected chi connectivity index (χ1v) is 15.6. The predicted molar refractivity (Wildman–Crippen MR) is 178 cm³/mol. The summed E-state index contributed by atoms with van der Waals surface area (Å²) >= 11 is 1.68. The number of hydrazone groups is 1. The lowest BCUT2D eigenvalue weighted by molar-refractivity contribution is -0.117. The molecular weight excluding hydrogens is 613 g/mol. The number of amides is 1. The molecule has 3 aromatic rings. The Kier molecular flexibility index (Phi) is 11.7. The van der Waals surface area contributed by atoms with Crippen LogP contribution in [0.4, 0.5) is 10.1 Å². The smallest absolute Gasteiger partial charge is 0.268 e. The van der Waals surface area contributed by atoms with Gasteiger partial charge in [0.2, 0.25) is 0 Å². The quantitative estimate of drug-likeness (QED) is 0.0250. The monoisotopic (exact) mass is 657 g/mol. The third-order valence-electron chi connectivity index (χ3n) is 6.94. The number of rotatable bonds is 16. The minimum atomic E-state index is -0.707. The highest BCUT2D eigenvalue weighted by Crippen LogP contribution is 2.40. The summed E-state index contributed by atoms with van der Waals surface area (Å²) in [5.74, 6) is 16.4. The minimum Gasteiger partial charge on any atom is -0.494 e. The van der Waals surface area contributed by atoms with Crippen molar-refractivity contribution >= 4 is 35.5 Å². The molecule has 10 N–H and O–H groups in total. The molecule has 14 nitrogen and oxygen atoms in total. The van der Waals surface area contributed by atoms with Crippen LogP contribution in [0.3, 0.4) is 0 Å². The van der Waals surface area contributed by atoms with Gasteiger partial charge in [-0.25, -0.2) is 21.1 Å². The first-order valence-electron chi connectivity index (χ1n) is 14.8. The number of anilines is 1. The number of hydrogen-bond donors (Lipinski definition) is 6. The highest BCUT2D eigenvalue weighted by Gasteiger charge is 2.25. The number of nitrogens with zero attached hydrogens (tertiary/aromatic N) is 5. The summed E-state index contributed by atoms with van der Waals surface area (Å²) < 4.78 is 31.6. The van der Waals surface area contributed by atoms with Gasteiger partial charge in [-0.15, -0.1) is 0 Å². The van der Waals surface area contributed by atoms with Crippen LogP contribution >= 0.6 is 11.9 Å². The van der Waals surface area contributed by atoms with Gasteiger partial charge in [-0.1, -0.05) is 11.9 Å². The summed E-state index contributed by atoms with van der Waals surface area (Å²) in [6.45, 7) is 8.11. The number of aromatic nitrogens is 2. The van der Waals surface area contributed by atoms with Gasteiger partial charge in [-0.3, -0.25) is 14.5 Å². The lowest BCUT2D eigenvalue weighted by Gasteiger charge is -2.19. The largest absolute Gasteiger partial charge is 0.494 e. The Balaban J connectivity index is 1.40. The van der Waals surface area contributed by atoms with Crippen molar-refractivity contribution in [2.24, 2.45) is 28.4 Å². The Hall–Kier alpha value is -4.09. The maximum atomic E-state index is 15.1. The van der Waals surface area contributed by atoms with E-state index in [0.29, 0.717) is 24.8 Å². The van der Waals surface area contributed by atoms with E-state index < -0.39 is 11.7 Å². The van der Waals surface area contributed by atoms with Gasteiger partial charge >= 0.3 is 0 Å². The van der Waals surface area contributed by atoms with E-state index in [4.69, 9.17) is 37.7 Å². The molecule has 2 aromatic heterocycles. The first kappa shape index (κ1) is 34.8. The van der Waals surface area contributed by atoms with E-state index >= 15 is 4.39 Å². The normalized spacial score (nSPS) is 13.8. The maximum absolute atomic E-state index is 15.1. The second-order valence-electron chi connectivity index (χ2n) is 11.9. The SMILES string of the molecule is COc1ccc(N(N)/C=N\N)c(CNC(=O)/C(N)=C/N(N)Cc2cn3cc(C4CC4)cc(COCCNSC(C)(C)C)c3n2)c1F. The molecule has 1 saturated carbocycles. The fourth-order valence-electron chi connectivity index (χ4n) is 4.66. The maximum Gasteiger partial charge on any atom is 0.268 e. The number of nitrogens with one attached hydrogen (secondary N) is 2. The number of pyridine rings is 1. The van der Waals surface area contributed by atoms with Gasteiger partial charge in [-0.2, -0.15) is 5.10 Å². The number of methoxy groups -OCH3 is 1. The van der Waals surface area contributed by atoms with Gasteiger partial charge in [0, 0.05) is 47.6 Å². The zero-order valence-electron chi connectivity index (χ0n) is 26.6. The van der Waals surface area contributed by atoms with Crippen LogP contribution in [0.2, 0.25) is 0 Å². The van der Waals surface area contributed by atoms with Crippen molar-refractivity contribution in [2.45, 2.75) is 64.0 Å². The second kappa shape index (κ2) is 15.5. The summed E-state index contributed by atoms with van der Waals surface area (Å²) in [6, 6.07) is 5.08. The standard InChI is InChI=1S/C30H44FN11O3S/c1-30(2,3)46-38-9-10-45-17-21-11-20(19-5-6-19)13-40-14-22(39-28(21)40)15-41(34)16-24(32)29(43)36-12-23-25(42(35)18-37-33)7-8-26(44-4)27(23)31/h7-8,11,13-14,16,18-19,38H,5-6,9-10,12,15,17,32-35H2,1-4H3,(H,36,43)/b24-16-,37-18-. The number of imidazole rings is 1. The predicted octanol–water partition coefficient (Wildman–Crippen LogP) is 2.29. The molecule has 16 heteroatoms. The van der Waals surface area contributed by atoms with Crippen molar-refractivity contribution in [1.29, 1.82) is 0 Å². The zero-order chi connectivity index (χ0) is 33.4. The van der Waals surface area contributed by atoms with Gasteiger partial charge in [0.25, 0.3) is 5.91 Å². The summed E-state index contributed by atoms with van der Waals surface area (Å²) in [5, 5.41) is 8.22. The van der Waals surface area contributed by atoms with Gasteiger partial charge in [-0.05, 0) is 63.3 Å². The number of hydrazine groups is 2. The summed E-state index contributed by atoms with van der Waals surface area (Å²) in [7, 11) is 1.33. The van der Waals surface area contributed by atoms with E-state index in [1.54, 1.807) is 11.9 Å². The topological polar surface area (TPSA) is 200 Å². The number of fused-ring (bicyclic) bond motifs is 1. The molecule has 1 aliphatic carbocycles. The molecule has 0 spiro atoms. The van der Waals surface area contributed by atoms with E-state index in [1.807, 2.05) is 10.6 Å². The average Bonchev–Trinajstić information content (AvgIpc) is 3.77. The van der Waals surface area contributed by atoms with E-state index in [2.05, 4.69) is 48.2 Å². The molecule has 1 aromatic carbocycles. The minimum absolute atomic E-state index is 0.0265. The van der Waals surface area contributed by atoms with Crippen LogP contribution in [0.25, 0.3) is 5.65 Å². The molecule has 0 atom stereocenters. The molecule has 1 fully saturated rings. The van der Waals surface area contributed by atoms with E-state index in [0.717, 1.165) is 29.1 Å². The van der Waals surface area contributed by atoms with Gasteiger partial charge in [0.1, 0.15) is 17.7 Å². The van der Waals surface area contributed by atoms with Crippen LogP contribution in [-0.4, -0.2) is 51.6 Å². The van der Waals surface area contributed by atoms with Crippen LogP contribution in [0.5, 0.6) is 5.75 Å². The number of benzene rings is 1. The molecule has 2 heterocycles. The Morgan fingerprint density at radius 2 is 2.04 bits per heavy atom. The fraction of sp³-hybridized carbons (Fsp3) is 0.433. The molecule has 46 heavy (non-hydrogen) atoms. The van der Waals surface area contributed by atoms with Crippen molar-refractivity contribution in [3.8, 4) is 5.75 Å². The van der Waals surface area contributed by atoms with E-state index in [-0.39, 0.29) is 40.5 Å². The molecule has 0 unspecified atom stereocenters. The number of halogens is 1. The Morgan fingerprint density at radius 3 is 2.72 bits per heavy atom. The third kappa shape index (κ3) is 9.46. The Bertz CT molecular complexity index is 1570. The van der Waals surface area contributed by atoms with Crippen molar-refractivity contribution in [2.75, 3.05) is 25.3 Å². The molecule has 0 radical (unpaired) electrons. The fourth-order valence-corrected chi connectivity index (χ4v) is 5.28. The average molecular weight is 658 g/mol. The van der Waals surface area contributed by atoms with Crippen molar-refractivity contribution in [3.05, 3.63) is 70.7 Å². The number of nitrogens with two attached hydrogens (primary N) is 4. The third-order valence-corrected chi connectivity index (χ3v) is 7.90. The lowest BCUT2D eigenvalue weighted by atomic mass is 10.1. The van der Waals surface area contributed by atoms with Gasteiger partial charge in [0.15, 0.2) is 11.6 Å². The Morgan fingerprint density at radius 1 is 1.28 bits per heavy atom. The first-order chi connectivity index (χ1) is 21.9. The molecule has 250 valence electrons. The molecule has 1 aliphatic rings. The van der Waals surface area contributed by atoms with E-state index in [1.165, 1.54) is 48.9 Å². The molecule has 4 rings (SSSR count). The van der Waals surface area contributed by atoms with E-state index in [9.17, 15) is 4.79 Å². The summed E-state index contributed by atoms with van der Waals surface area (Å²) in [6.07, 6.45) is 8.74. The summed E-state index contributed by atoms with van der Waals surface area (Å²) in [5.41, 5.74) is 9.82. The van der Waals surface area contributed by atoms with Crippen molar-refractivity contribution in [3.63, 3.8) is 0 Å². The molecule has 0 saturated heterocycles. The van der Waals surface area contributed by atoms with Crippen molar-refractivity contribution < 1.29 is 18.7 Å². The number of hydrogen-bond acceptors (Lipinski definition) is 12. The van der Waals surface area contributed by atoms with Crippen LogP contribution in [0.15, 0.2) is 47.6 Å². The van der Waals surface area contributed by atoms with Crippen molar-refractivity contribution in [1.82, 2.24) is 24.4 Å². The molecule has 0 aliphatic heterocycles. The second-order valence-corrected chi connectivity index (χ2v) is 13.6. The summed E-state index contributed by atoms with van der Waals surface area (Å²) in [4.78, 5) is 17.6. The zero-order valence-corrected chi connectivity index (χ0v) is 27.4. The van der Waals surface area contributed by atoms with Crippen LogP contribution in [0, 0.1) is 5.82 Å². The van der Waals surface area contributed by atoms with Crippen LogP contribution in [0.1, 0.15) is 61.9 Å². The van der Waals surface area contributed by atoms with Crippen LogP contribution < -0.4 is 43.0 Å². The molecular formula is C30H44FN11O3S. The van der Waals surface area contributed by atoms with Gasteiger partial charge in [0.05, 0.1) is 38.2 Å². The molecule has 1 amide bonds.